The minimum Gasteiger partial charge on any atom is -0.494 e. The van der Waals surface area contributed by atoms with Crippen molar-refractivity contribution in [2.75, 3.05) is 11.5 Å². The van der Waals surface area contributed by atoms with Gasteiger partial charge in [0.1, 0.15) is 5.75 Å². The molecule has 0 aliphatic carbocycles. The van der Waals surface area contributed by atoms with E-state index in [0.29, 0.717) is 39.1 Å². The molecule has 156 valence electrons. The molecule has 0 unspecified atom stereocenters. The van der Waals surface area contributed by atoms with Crippen molar-refractivity contribution in [2.45, 2.75) is 12.7 Å². The van der Waals surface area contributed by atoms with Crippen molar-refractivity contribution in [3.8, 4) is 5.75 Å². The number of carbonyl (C=O) groups is 2. The molecule has 1 heterocycles. The minimum atomic E-state index is -0.341. The maximum absolute atomic E-state index is 13.4. The molecule has 0 aromatic heterocycles. The highest BCUT2D eigenvalue weighted by Crippen LogP contribution is 2.40. The van der Waals surface area contributed by atoms with Gasteiger partial charge in [0, 0.05) is 10.8 Å². The number of halogens is 1. The lowest BCUT2D eigenvalue weighted by atomic mass is 10.1. The lowest BCUT2D eigenvalue weighted by Crippen LogP contribution is -2.31. The highest BCUT2D eigenvalue weighted by atomic mass is 35.5. The van der Waals surface area contributed by atoms with E-state index in [1.54, 1.807) is 24.3 Å². The molecular weight excluding hydrogens is 430 g/mol. The number of hydrogen-bond donors (Lipinski definition) is 0. The minimum absolute atomic E-state index is 0.322. The van der Waals surface area contributed by atoms with E-state index in [1.165, 1.54) is 16.7 Å². The number of anilines is 1. The Morgan fingerprint density at radius 3 is 2.19 bits per heavy atom. The Labute approximate surface area is 190 Å². The van der Waals surface area contributed by atoms with Gasteiger partial charge in [0.15, 0.2) is 0 Å². The van der Waals surface area contributed by atoms with Crippen molar-refractivity contribution in [1.82, 2.24) is 0 Å². The van der Waals surface area contributed by atoms with E-state index in [2.05, 4.69) is 0 Å². The zero-order valence-corrected chi connectivity index (χ0v) is 18.5. The second-order valence-electron chi connectivity index (χ2n) is 6.86. The number of thioether (sulfide) groups is 1. The average Bonchev–Trinajstić information content (AvgIpc) is 3.04. The molecule has 0 atom stereocenters. The predicted octanol–water partition coefficient (Wildman–Crippen LogP) is 5.96. The van der Waals surface area contributed by atoms with Gasteiger partial charge >= 0.3 is 0 Å². The number of carbonyl (C=O) groups excluding carboxylic acids is 2. The van der Waals surface area contributed by atoms with Crippen molar-refractivity contribution in [3.05, 3.63) is 99.9 Å². The fraction of sp³-hybridized carbons (Fsp3) is 0.120. The van der Waals surface area contributed by atoms with Gasteiger partial charge in [-0.25, -0.2) is 4.90 Å². The lowest BCUT2D eigenvalue weighted by molar-refractivity contribution is -0.119. The molecule has 0 fully saturated rings. The summed E-state index contributed by atoms with van der Waals surface area (Å²) in [5.74, 6) is 0.644. The zero-order valence-electron chi connectivity index (χ0n) is 16.9. The Balaban J connectivity index is 1.71. The Morgan fingerprint density at radius 1 is 0.871 bits per heavy atom. The van der Waals surface area contributed by atoms with Gasteiger partial charge in [-0.2, -0.15) is 0 Å². The zero-order chi connectivity index (χ0) is 21.8. The standard InChI is InChI=1S/C25H20ClNO3S/c1-2-30-21-14-8-18(9-15-21)22-23(31-16-17-6-4-3-5-7-17)25(29)27(24(22)28)20-12-10-19(26)11-13-20/h3-15H,2,16H2,1H3. The van der Waals surface area contributed by atoms with E-state index in [4.69, 9.17) is 16.3 Å². The molecule has 3 aromatic carbocycles. The van der Waals surface area contributed by atoms with Crippen LogP contribution < -0.4 is 9.64 Å². The predicted molar refractivity (Wildman–Crippen MR) is 126 cm³/mol. The van der Waals surface area contributed by atoms with Gasteiger partial charge in [-0.05, 0) is 54.4 Å². The van der Waals surface area contributed by atoms with E-state index < -0.39 is 0 Å². The summed E-state index contributed by atoms with van der Waals surface area (Å²) in [6, 6.07) is 23.8. The molecule has 3 aromatic rings. The van der Waals surface area contributed by atoms with Gasteiger partial charge in [-0.1, -0.05) is 54.1 Å². The summed E-state index contributed by atoms with van der Waals surface area (Å²) >= 11 is 7.37. The van der Waals surface area contributed by atoms with Crippen molar-refractivity contribution >= 4 is 46.4 Å². The summed E-state index contributed by atoms with van der Waals surface area (Å²) in [6.45, 7) is 2.47. The fourth-order valence-electron chi connectivity index (χ4n) is 3.34. The third-order valence-electron chi connectivity index (χ3n) is 4.81. The molecule has 31 heavy (non-hydrogen) atoms. The van der Waals surface area contributed by atoms with Crippen molar-refractivity contribution in [1.29, 1.82) is 0 Å². The van der Waals surface area contributed by atoms with Crippen molar-refractivity contribution in [3.63, 3.8) is 0 Å². The molecule has 1 aliphatic heterocycles. The van der Waals surface area contributed by atoms with E-state index >= 15 is 0 Å². The third kappa shape index (κ3) is 4.53. The topological polar surface area (TPSA) is 46.6 Å². The van der Waals surface area contributed by atoms with E-state index in [-0.39, 0.29) is 11.8 Å². The van der Waals surface area contributed by atoms with E-state index in [0.717, 1.165) is 11.3 Å². The summed E-state index contributed by atoms with van der Waals surface area (Å²) in [5.41, 5.74) is 2.67. The maximum atomic E-state index is 13.4. The van der Waals surface area contributed by atoms with E-state index in [9.17, 15) is 9.59 Å². The van der Waals surface area contributed by atoms with Crippen molar-refractivity contribution in [2.24, 2.45) is 0 Å². The van der Waals surface area contributed by atoms with Crippen LogP contribution in [-0.4, -0.2) is 18.4 Å². The van der Waals surface area contributed by atoms with Crippen LogP contribution in [0.25, 0.3) is 5.57 Å². The SMILES string of the molecule is CCOc1ccc(C2=C(SCc3ccccc3)C(=O)N(c3ccc(Cl)cc3)C2=O)cc1. The average molecular weight is 450 g/mol. The monoisotopic (exact) mass is 449 g/mol. The van der Waals surface area contributed by atoms with Crippen LogP contribution >= 0.6 is 23.4 Å². The van der Waals surface area contributed by atoms with Gasteiger partial charge in [-0.15, -0.1) is 11.8 Å². The van der Waals surface area contributed by atoms with Gasteiger partial charge in [0.05, 0.1) is 22.8 Å². The normalized spacial score (nSPS) is 13.8. The Bertz CT molecular complexity index is 1130. The first kappa shape index (κ1) is 21.2. The molecule has 4 nitrogen and oxygen atoms in total. The summed E-state index contributed by atoms with van der Waals surface area (Å²) < 4.78 is 5.51. The van der Waals surface area contributed by atoms with Crippen LogP contribution in [0.4, 0.5) is 5.69 Å². The Kier molecular flexibility index (Phi) is 6.44. The molecule has 0 spiro atoms. The number of rotatable bonds is 7. The molecule has 0 N–H and O–H groups in total. The number of ether oxygens (including phenoxy) is 1. The highest BCUT2D eigenvalue weighted by Gasteiger charge is 2.40. The first-order chi connectivity index (χ1) is 15.1. The maximum Gasteiger partial charge on any atom is 0.272 e. The Hall–Kier alpha value is -3.02. The largest absolute Gasteiger partial charge is 0.494 e. The Morgan fingerprint density at radius 2 is 1.55 bits per heavy atom. The number of amides is 2. The smallest absolute Gasteiger partial charge is 0.272 e. The molecule has 1 aliphatic rings. The molecular formula is C25H20ClNO3S. The number of benzene rings is 3. The molecule has 0 saturated carbocycles. The number of imide groups is 1. The van der Waals surface area contributed by atoms with Crippen LogP contribution in [0.15, 0.2) is 83.8 Å². The summed E-state index contributed by atoms with van der Waals surface area (Å²) in [4.78, 5) is 28.4. The molecule has 4 rings (SSSR count). The summed E-state index contributed by atoms with van der Waals surface area (Å²) in [6.07, 6.45) is 0. The first-order valence-electron chi connectivity index (χ1n) is 9.87. The third-order valence-corrected chi connectivity index (χ3v) is 6.20. The first-order valence-corrected chi connectivity index (χ1v) is 11.2. The lowest BCUT2D eigenvalue weighted by Gasteiger charge is -2.15. The van der Waals surface area contributed by atoms with Crippen LogP contribution in [0.1, 0.15) is 18.1 Å². The van der Waals surface area contributed by atoms with Gasteiger partial charge in [0.2, 0.25) is 0 Å². The second-order valence-corrected chi connectivity index (χ2v) is 8.28. The van der Waals surface area contributed by atoms with E-state index in [1.807, 2.05) is 61.5 Å². The van der Waals surface area contributed by atoms with Crippen LogP contribution in [0.3, 0.4) is 0 Å². The summed E-state index contributed by atoms with van der Waals surface area (Å²) in [7, 11) is 0. The van der Waals surface area contributed by atoms with Gasteiger partial charge in [0.25, 0.3) is 11.8 Å². The van der Waals surface area contributed by atoms with Crippen LogP contribution in [0, 0.1) is 0 Å². The number of nitrogens with zero attached hydrogens (tertiary/aromatic N) is 1. The second kappa shape index (κ2) is 9.41. The fourth-order valence-corrected chi connectivity index (χ4v) is 4.53. The van der Waals surface area contributed by atoms with Crippen LogP contribution in [-0.2, 0) is 15.3 Å². The van der Waals surface area contributed by atoms with Gasteiger partial charge < -0.3 is 4.74 Å². The van der Waals surface area contributed by atoms with Crippen LogP contribution in [0.5, 0.6) is 5.75 Å². The molecule has 6 heteroatoms. The van der Waals surface area contributed by atoms with Crippen molar-refractivity contribution < 1.29 is 14.3 Å². The molecule has 2 amide bonds. The molecule has 0 bridgehead atoms. The summed E-state index contributed by atoms with van der Waals surface area (Å²) in [5, 5.41) is 0.543. The highest BCUT2D eigenvalue weighted by molar-refractivity contribution is 8.03. The van der Waals surface area contributed by atoms with Crippen LogP contribution in [0.2, 0.25) is 5.02 Å². The molecule has 0 radical (unpaired) electrons. The quantitative estimate of drug-likeness (QED) is 0.418. The molecule has 0 saturated heterocycles. The number of hydrogen-bond acceptors (Lipinski definition) is 4. The van der Waals surface area contributed by atoms with Gasteiger partial charge in [-0.3, -0.25) is 9.59 Å².